The van der Waals surface area contributed by atoms with Crippen molar-refractivity contribution in [3.05, 3.63) is 23.3 Å². The van der Waals surface area contributed by atoms with Crippen molar-refractivity contribution in [2.75, 3.05) is 0 Å². The Hall–Kier alpha value is -0.520. The largest absolute Gasteiger partial charge is 0.0812 e. The van der Waals surface area contributed by atoms with Crippen molar-refractivity contribution in [1.29, 1.82) is 0 Å². The summed E-state index contributed by atoms with van der Waals surface area (Å²) in [7, 11) is 0. The molecule has 0 heteroatoms. The van der Waals surface area contributed by atoms with Gasteiger partial charge < -0.3 is 0 Å². The molecule has 0 bridgehead atoms. The molecular formula is C15H24. The Morgan fingerprint density at radius 3 is 2.20 bits per heavy atom. The molecule has 0 nitrogen and oxygen atoms in total. The zero-order valence-electron chi connectivity index (χ0n) is 10.7. The maximum absolute atomic E-state index is 2.50. The Morgan fingerprint density at radius 1 is 1.00 bits per heavy atom. The smallest absolute Gasteiger partial charge is 0.00620 e. The van der Waals surface area contributed by atoms with Gasteiger partial charge >= 0.3 is 0 Å². The first-order valence-electron chi connectivity index (χ1n) is 6.31. The summed E-state index contributed by atoms with van der Waals surface area (Å²) in [4.78, 5) is 0. The average Bonchev–Trinajstić information content (AvgIpc) is 2.43. The molecule has 0 aromatic rings. The maximum Gasteiger partial charge on any atom is -0.00620 e. The molecule has 0 aromatic heterocycles. The summed E-state index contributed by atoms with van der Waals surface area (Å²) in [6.45, 7) is 9.63. The zero-order valence-corrected chi connectivity index (χ0v) is 10.7. The summed E-state index contributed by atoms with van der Waals surface area (Å²) in [6.07, 6.45) is 11.5. The van der Waals surface area contributed by atoms with Gasteiger partial charge in [0.1, 0.15) is 0 Å². The molecular weight excluding hydrogens is 180 g/mol. The first-order valence-corrected chi connectivity index (χ1v) is 6.31. The molecule has 1 atom stereocenters. The van der Waals surface area contributed by atoms with Crippen molar-refractivity contribution in [3.63, 3.8) is 0 Å². The Bertz CT molecular complexity index is 317. The van der Waals surface area contributed by atoms with Crippen molar-refractivity contribution >= 4 is 0 Å². The molecule has 0 N–H and O–H groups in total. The van der Waals surface area contributed by atoms with Crippen molar-refractivity contribution in [1.82, 2.24) is 0 Å². The van der Waals surface area contributed by atoms with Crippen LogP contribution in [0.3, 0.4) is 0 Å². The third-order valence-electron chi connectivity index (χ3n) is 5.02. The van der Waals surface area contributed by atoms with E-state index in [1.54, 1.807) is 5.57 Å². The van der Waals surface area contributed by atoms with Crippen LogP contribution >= 0.6 is 0 Å². The van der Waals surface area contributed by atoms with E-state index in [9.17, 15) is 0 Å². The second-order valence-corrected chi connectivity index (χ2v) is 6.26. The van der Waals surface area contributed by atoms with Crippen molar-refractivity contribution in [2.45, 2.75) is 59.8 Å². The molecule has 1 saturated carbocycles. The molecule has 0 spiro atoms. The van der Waals surface area contributed by atoms with Crippen LogP contribution in [0.5, 0.6) is 0 Å². The zero-order chi connectivity index (χ0) is 11.1. The van der Waals surface area contributed by atoms with Crippen LogP contribution in [0.15, 0.2) is 23.3 Å². The van der Waals surface area contributed by atoms with Gasteiger partial charge in [0.15, 0.2) is 0 Å². The minimum atomic E-state index is 0.462. The molecule has 2 aliphatic carbocycles. The molecule has 15 heavy (non-hydrogen) atoms. The third-order valence-corrected chi connectivity index (χ3v) is 5.02. The van der Waals surface area contributed by atoms with E-state index in [-0.39, 0.29) is 0 Å². The van der Waals surface area contributed by atoms with E-state index in [1.165, 1.54) is 37.7 Å². The summed E-state index contributed by atoms with van der Waals surface area (Å²) in [5.74, 6) is 0. The highest BCUT2D eigenvalue weighted by atomic mass is 14.5. The molecule has 2 rings (SSSR count). The maximum atomic E-state index is 2.50. The van der Waals surface area contributed by atoms with Crippen LogP contribution in [0.25, 0.3) is 0 Å². The van der Waals surface area contributed by atoms with Crippen molar-refractivity contribution in [3.8, 4) is 0 Å². The van der Waals surface area contributed by atoms with Gasteiger partial charge in [0, 0.05) is 0 Å². The van der Waals surface area contributed by atoms with E-state index in [2.05, 4.69) is 39.8 Å². The monoisotopic (exact) mass is 204 g/mol. The van der Waals surface area contributed by atoms with E-state index in [0.29, 0.717) is 10.8 Å². The second-order valence-electron chi connectivity index (χ2n) is 6.26. The number of hydrogen-bond donors (Lipinski definition) is 0. The normalized spacial score (nSPS) is 34.9. The fraction of sp³-hybridized carbons (Fsp3) is 0.733. The van der Waals surface area contributed by atoms with E-state index >= 15 is 0 Å². The number of hydrogen-bond acceptors (Lipinski definition) is 0. The SMILES string of the molecule is CC1=CCC([C@@]2(C)CCCC2(C)C)=CC1. The van der Waals surface area contributed by atoms with Gasteiger partial charge in [-0.05, 0) is 43.4 Å². The fourth-order valence-electron chi connectivity index (χ4n) is 3.28. The molecule has 0 radical (unpaired) electrons. The first kappa shape index (κ1) is 11.0. The summed E-state index contributed by atoms with van der Waals surface area (Å²) in [6, 6.07) is 0. The Balaban J connectivity index is 2.24. The van der Waals surface area contributed by atoms with E-state index < -0.39 is 0 Å². The highest BCUT2D eigenvalue weighted by Gasteiger charge is 2.46. The topological polar surface area (TPSA) is 0 Å². The first-order chi connectivity index (χ1) is 6.96. The molecule has 0 heterocycles. The predicted molar refractivity (Wildman–Crippen MR) is 66.8 cm³/mol. The van der Waals surface area contributed by atoms with Gasteiger partial charge in [-0.25, -0.2) is 0 Å². The number of allylic oxidation sites excluding steroid dienone is 4. The summed E-state index contributed by atoms with van der Waals surface area (Å²) >= 11 is 0. The summed E-state index contributed by atoms with van der Waals surface area (Å²) in [5.41, 5.74) is 4.20. The fourth-order valence-corrected chi connectivity index (χ4v) is 3.28. The second kappa shape index (κ2) is 3.50. The van der Waals surface area contributed by atoms with Gasteiger partial charge in [0.05, 0.1) is 0 Å². The Kier molecular flexibility index (Phi) is 2.56. The molecule has 0 saturated heterocycles. The van der Waals surface area contributed by atoms with Gasteiger partial charge in [0.25, 0.3) is 0 Å². The minimum absolute atomic E-state index is 0.462. The van der Waals surface area contributed by atoms with E-state index in [4.69, 9.17) is 0 Å². The lowest BCUT2D eigenvalue weighted by atomic mass is 9.63. The lowest BCUT2D eigenvalue weighted by Gasteiger charge is -2.41. The molecule has 0 aliphatic heterocycles. The Labute approximate surface area is 94.5 Å². The standard InChI is InChI=1S/C15H24/c1-12-6-8-13(9-7-12)15(4)11-5-10-14(15,2)3/h6,9H,5,7-8,10-11H2,1-4H3/t15-/m1/s1. The lowest BCUT2D eigenvalue weighted by Crippen LogP contribution is -2.32. The van der Waals surface area contributed by atoms with Gasteiger partial charge in [-0.15, -0.1) is 0 Å². The van der Waals surface area contributed by atoms with Crippen LogP contribution in [-0.2, 0) is 0 Å². The van der Waals surface area contributed by atoms with Gasteiger partial charge in [-0.2, -0.15) is 0 Å². The molecule has 0 amide bonds. The lowest BCUT2D eigenvalue weighted by molar-refractivity contribution is 0.173. The molecule has 84 valence electrons. The molecule has 0 aromatic carbocycles. The van der Waals surface area contributed by atoms with E-state index in [1.807, 2.05) is 0 Å². The van der Waals surface area contributed by atoms with Crippen molar-refractivity contribution in [2.24, 2.45) is 10.8 Å². The van der Waals surface area contributed by atoms with Gasteiger partial charge in [-0.1, -0.05) is 50.5 Å². The highest BCUT2D eigenvalue weighted by Crippen LogP contribution is 2.57. The Morgan fingerprint density at radius 2 is 1.73 bits per heavy atom. The average molecular weight is 204 g/mol. The van der Waals surface area contributed by atoms with Crippen LogP contribution in [0.2, 0.25) is 0 Å². The summed E-state index contributed by atoms with van der Waals surface area (Å²) < 4.78 is 0. The van der Waals surface area contributed by atoms with Crippen LogP contribution in [-0.4, -0.2) is 0 Å². The summed E-state index contributed by atoms with van der Waals surface area (Å²) in [5, 5.41) is 0. The van der Waals surface area contributed by atoms with E-state index in [0.717, 1.165) is 0 Å². The highest BCUT2D eigenvalue weighted by molar-refractivity contribution is 5.28. The molecule has 0 unspecified atom stereocenters. The van der Waals surface area contributed by atoms with Crippen LogP contribution < -0.4 is 0 Å². The molecule has 1 fully saturated rings. The van der Waals surface area contributed by atoms with Gasteiger partial charge in [0.2, 0.25) is 0 Å². The van der Waals surface area contributed by atoms with Gasteiger partial charge in [-0.3, -0.25) is 0 Å². The third kappa shape index (κ3) is 1.68. The van der Waals surface area contributed by atoms with Crippen LogP contribution in [0.1, 0.15) is 59.8 Å². The quantitative estimate of drug-likeness (QED) is 0.535. The van der Waals surface area contributed by atoms with Crippen molar-refractivity contribution < 1.29 is 0 Å². The van der Waals surface area contributed by atoms with Crippen LogP contribution in [0.4, 0.5) is 0 Å². The van der Waals surface area contributed by atoms with Crippen LogP contribution in [0, 0.1) is 10.8 Å². The predicted octanol–water partition coefficient (Wildman–Crippen LogP) is 4.87. The number of rotatable bonds is 1. The minimum Gasteiger partial charge on any atom is -0.0812 e. The molecule has 2 aliphatic rings.